The second-order valence-corrected chi connectivity index (χ2v) is 4.15. The van der Waals surface area contributed by atoms with E-state index in [9.17, 15) is 4.79 Å². The van der Waals surface area contributed by atoms with E-state index in [1.807, 2.05) is 18.2 Å². The van der Waals surface area contributed by atoms with Crippen molar-refractivity contribution in [3.05, 3.63) is 48.7 Å². The van der Waals surface area contributed by atoms with Crippen molar-refractivity contribution in [2.75, 3.05) is 12.4 Å². The summed E-state index contributed by atoms with van der Waals surface area (Å²) in [5.74, 6) is 0.917. The highest BCUT2D eigenvalue weighted by Crippen LogP contribution is 2.14. The van der Waals surface area contributed by atoms with Crippen molar-refractivity contribution in [3.63, 3.8) is 0 Å². The first-order valence-corrected chi connectivity index (χ1v) is 6.21. The third-order valence-electron chi connectivity index (χ3n) is 2.64. The molecule has 0 saturated carbocycles. The fraction of sp³-hybridized carbons (Fsp3) is 0.200. The van der Waals surface area contributed by atoms with Crippen molar-refractivity contribution in [2.45, 2.75) is 13.0 Å². The maximum atomic E-state index is 12.0. The number of aromatic nitrogens is 1. The number of benzene rings is 1. The van der Waals surface area contributed by atoms with Crippen LogP contribution in [0.5, 0.6) is 11.6 Å². The molecule has 0 fully saturated rings. The summed E-state index contributed by atoms with van der Waals surface area (Å²) in [5.41, 5.74) is 0.597. The molecule has 0 radical (unpaired) electrons. The molecule has 1 amide bonds. The van der Waals surface area contributed by atoms with E-state index >= 15 is 0 Å². The van der Waals surface area contributed by atoms with E-state index < -0.39 is 6.10 Å². The van der Waals surface area contributed by atoms with E-state index in [0.717, 1.165) is 0 Å². The SMILES string of the molecule is COc1ccc(NC(=O)C(C)Oc2ccccc2)cn1. The predicted octanol–water partition coefficient (Wildman–Crippen LogP) is 2.50. The lowest BCUT2D eigenvalue weighted by molar-refractivity contribution is -0.122. The van der Waals surface area contributed by atoms with Crippen LogP contribution in [0.2, 0.25) is 0 Å². The van der Waals surface area contributed by atoms with Crippen LogP contribution in [0.1, 0.15) is 6.92 Å². The van der Waals surface area contributed by atoms with E-state index in [0.29, 0.717) is 17.3 Å². The number of rotatable bonds is 5. The summed E-state index contributed by atoms with van der Waals surface area (Å²) in [5, 5.41) is 2.73. The molecule has 0 aliphatic carbocycles. The first kappa shape index (κ1) is 13.9. The molecule has 1 heterocycles. The Morgan fingerprint density at radius 1 is 1.20 bits per heavy atom. The van der Waals surface area contributed by atoms with Crippen LogP contribution in [-0.4, -0.2) is 24.1 Å². The molecule has 5 heteroatoms. The van der Waals surface area contributed by atoms with Crippen LogP contribution >= 0.6 is 0 Å². The summed E-state index contributed by atoms with van der Waals surface area (Å²) in [6, 6.07) is 12.6. The number of carbonyl (C=O) groups excluding carboxylic acids is 1. The van der Waals surface area contributed by atoms with E-state index in [4.69, 9.17) is 9.47 Å². The number of carbonyl (C=O) groups is 1. The van der Waals surface area contributed by atoms with Crippen LogP contribution in [0.15, 0.2) is 48.7 Å². The van der Waals surface area contributed by atoms with Crippen molar-refractivity contribution in [1.82, 2.24) is 4.98 Å². The molecule has 1 unspecified atom stereocenters. The molecule has 0 aliphatic heterocycles. The molecule has 0 aliphatic rings. The largest absolute Gasteiger partial charge is 0.481 e. The van der Waals surface area contributed by atoms with Crippen molar-refractivity contribution in [3.8, 4) is 11.6 Å². The third kappa shape index (κ3) is 3.71. The average Bonchev–Trinajstić information content (AvgIpc) is 2.49. The first-order valence-electron chi connectivity index (χ1n) is 6.21. The quantitative estimate of drug-likeness (QED) is 0.908. The third-order valence-corrected chi connectivity index (χ3v) is 2.64. The maximum Gasteiger partial charge on any atom is 0.265 e. The van der Waals surface area contributed by atoms with Gasteiger partial charge in [-0.1, -0.05) is 18.2 Å². The normalized spacial score (nSPS) is 11.5. The highest BCUT2D eigenvalue weighted by atomic mass is 16.5. The zero-order chi connectivity index (χ0) is 14.4. The predicted molar refractivity (Wildman–Crippen MR) is 76.0 cm³/mol. The average molecular weight is 272 g/mol. The number of nitrogens with one attached hydrogen (secondary N) is 1. The number of amides is 1. The van der Waals surface area contributed by atoms with E-state index in [1.54, 1.807) is 31.2 Å². The number of anilines is 1. The van der Waals surface area contributed by atoms with Crippen molar-refractivity contribution < 1.29 is 14.3 Å². The summed E-state index contributed by atoms with van der Waals surface area (Å²) in [6.07, 6.45) is 0.936. The fourth-order valence-corrected chi connectivity index (χ4v) is 1.58. The lowest BCUT2D eigenvalue weighted by Gasteiger charge is -2.14. The van der Waals surface area contributed by atoms with Gasteiger partial charge < -0.3 is 14.8 Å². The molecule has 1 N–H and O–H groups in total. The van der Waals surface area contributed by atoms with Gasteiger partial charge in [-0.05, 0) is 25.1 Å². The fourth-order valence-electron chi connectivity index (χ4n) is 1.58. The number of hydrogen-bond acceptors (Lipinski definition) is 4. The van der Waals surface area contributed by atoms with Gasteiger partial charge in [-0.15, -0.1) is 0 Å². The van der Waals surface area contributed by atoms with Gasteiger partial charge in [0.1, 0.15) is 5.75 Å². The molecule has 0 bridgehead atoms. The van der Waals surface area contributed by atoms with Crippen LogP contribution in [0.25, 0.3) is 0 Å². The molecule has 1 atom stereocenters. The van der Waals surface area contributed by atoms with Gasteiger partial charge in [-0.2, -0.15) is 0 Å². The van der Waals surface area contributed by atoms with Crippen molar-refractivity contribution >= 4 is 11.6 Å². The van der Waals surface area contributed by atoms with Crippen molar-refractivity contribution in [2.24, 2.45) is 0 Å². The maximum absolute atomic E-state index is 12.0. The summed E-state index contributed by atoms with van der Waals surface area (Å²) in [6.45, 7) is 1.69. The molecular weight excluding hydrogens is 256 g/mol. The Balaban J connectivity index is 1.93. The van der Waals surface area contributed by atoms with E-state index in [-0.39, 0.29) is 5.91 Å². The minimum absolute atomic E-state index is 0.235. The second kappa shape index (κ2) is 6.56. The van der Waals surface area contributed by atoms with Gasteiger partial charge in [0.15, 0.2) is 6.10 Å². The topological polar surface area (TPSA) is 60.5 Å². The number of para-hydroxylation sites is 1. The Kier molecular flexibility index (Phi) is 4.55. The van der Waals surface area contributed by atoms with Gasteiger partial charge in [-0.3, -0.25) is 4.79 Å². The molecule has 20 heavy (non-hydrogen) atoms. The Labute approximate surface area is 117 Å². The number of pyridine rings is 1. The summed E-state index contributed by atoms with van der Waals surface area (Å²) in [4.78, 5) is 16.0. The lowest BCUT2D eigenvalue weighted by atomic mass is 10.3. The standard InChI is InChI=1S/C15H16N2O3/c1-11(20-13-6-4-3-5-7-13)15(18)17-12-8-9-14(19-2)16-10-12/h3-11H,1-2H3,(H,17,18). The Morgan fingerprint density at radius 2 is 1.95 bits per heavy atom. The summed E-state index contributed by atoms with van der Waals surface area (Å²) in [7, 11) is 1.54. The summed E-state index contributed by atoms with van der Waals surface area (Å²) < 4.78 is 10.5. The molecule has 2 rings (SSSR count). The van der Waals surface area contributed by atoms with Gasteiger partial charge in [0.25, 0.3) is 5.91 Å². The molecule has 1 aromatic carbocycles. The van der Waals surface area contributed by atoms with Crippen molar-refractivity contribution in [1.29, 1.82) is 0 Å². The Bertz CT molecular complexity index is 555. The van der Waals surface area contributed by atoms with Gasteiger partial charge in [0.05, 0.1) is 19.0 Å². The molecule has 0 saturated heterocycles. The zero-order valence-corrected chi connectivity index (χ0v) is 11.4. The van der Waals surface area contributed by atoms with Gasteiger partial charge in [0, 0.05) is 6.07 Å². The Hall–Kier alpha value is -2.56. The Morgan fingerprint density at radius 3 is 2.55 bits per heavy atom. The monoisotopic (exact) mass is 272 g/mol. The van der Waals surface area contributed by atoms with Crippen LogP contribution in [0.4, 0.5) is 5.69 Å². The molecule has 5 nitrogen and oxygen atoms in total. The number of ether oxygens (including phenoxy) is 2. The molecule has 1 aromatic heterocycles. The molecule has 0 spiro atoms. The lowest BCUT2D eigenvalue weighted by Crippen LogP contribution is -2.30. The number of hydrogen-bond donors (Lipinski definition) is 1. The van der Waals surface area contributed by atoms with Crippen LogP contribution in [-0.2, 0) is 4.79 Å². The smallest absolute Gasteiger partial charge is 0.265 e. The second-order valence-electron chi connectivity index (χ2n) is 4.15. The molecular formula is C15H16N2O3. The minimum Gasteiger partial charge on any atom is -0.481 e. The summed E-state index contributed by atoms with van der Waals surface area (Å²) >= 11 is 0. The van der Waals surface area contributed by atoms with Gasteiger partial charge in [0.2, 0.25) is 5.88 Å². The highest BCUT2D eigenvalue weighted by Gasteiger charge is 2.14. The number of nitrogens with zero attached hydrogens (tertiary/aromatic N) is 1. The van der Waals surface area contributed by atoms with Gasteiger partial charge in [-0.25, -0.2) is 4.98 Å². The number of methoxy groups -OCH3 is 1. The molecule has 2 aromatic rings. The van der Waals surface area contributed by atoms with Crippen LogP contribution < -0.4 is 14.8 Å². The van der Waals surface area contributed by atoms with E-state index in [2.05, 4.69) is 10.3 Å². The minimum atomic E-state index is -0.598. The zero-order valence-electron chi connectivity index (χ0n) is 11.4. The van der Waals surface area contributed by atoms with Crippen LogP contribution in [0.3, 0.4) is 0 Å². The molecule has 104 valence electrons. The van der Waals surface area contributed by atoms with E-state index in [1.165, 1.54) is 13.3 Å². The first-order chi connectivity index (χ1) is 9.69. The van der Waals surface area contributed by atoms with Crippen LogP contribution in [0, 0.1) is 0 Å². The highest BCUT2D eigenvalue weighted by molar-refractivity contribution is 5.93. The van der Waals surface area contributed by atoms with Gasteiger partial charge >= 0.3 is 0 Å².